The van der Waals surface area contributed by atoms with Gasteiger partial charge in [-0.3, -0.25) is 9.78 Å². The van der Waals surface area contributed by atoms with E-state index in [4.69, 9.17) is 4.74 Å². The summed E-state index contributed by atoms with van der Waals surface area (Å²) in [6.45, 7) is -0.00873. The van der Waals surface area contributed by atoms with Crippen LogP contribution in [0, 0.1) is 0 Å². The second kappa shape index (κ2) is 8.06. The summed E-state index contributed by atoms with van der Waals surface area (Å²) in [7, 11) is -3.93. The quantitative estimate of drug-likeness (QED) is 0.653. The Balaban J connectivity index is 1.66. The first-order valence-electron chi connectivity index (χ1n) is 8.72. The van der Waals surface area contributed by atoms with Gasteiger partial charge < -0.3 is 4.74 Å². The molecule has 148 valence electrons. The molecule has 0 radical (unpaired) electrons. The van der Waals surface area contributed by atoms with Crippen LogP contribution < -0.4 is 13.8 Å². The Bertz CT molecular complexity index is 1140. The molecule has 0 spiro atoms. The summed E-state index contributed by atoms with van der Waals surface area (Å²) < 4.78 is 33.5. The van der Waals surface area contributed by atoms with Gasteiger partial charge in [0, 0.05) is 11.1 Å². The molecule has 3 aromatic rings. The average Bonchev–Trinajstić information content (AvgIpc) is 3.32. The van der Waals surface area contributed by atoms with E-state index in [1.54, 1.807) is 29.9 Å². The normalized spacial score (nSPS) is 15.6. The highest BCUT2D eigenvalue weighted by Gasteiger charge is 2.35. The number of benzene rings is 2. The summed E-state index contributed by atoms with van der Waals surface area (Å²) in [5, 5.41) is 0. The Labute approximate surface area is 172 Å². The summed E-state index contributed by atoms with van der Waals surface area (Å²) >= 11 is 1.51. The zero-order valence-corrected chi connectivity index (χ0v) is 16.8. The van der Waals surface area contributed by atoms with E-state index in [0.29, 0.717) is 11.4 Å². The number of anilines is 1. The summed E-state index contributed by atoms with van der Waals surface area (Å²) in [5.74, 6) is -0.200. The molecule has 1 aliphatic heterocycles. The lowest BCUT2D eigenvalue weighted by Crippen LogP contribution is -2.29. The van der Waals surface area contributed by atoms with E-state index in [1.807, 2.05) is 47.2 Å². The first-order valence-corrected chi connectivity index (χ1v) is 11.0. The number of carbonyl (C=O) groups excluding carboxylic acids is 1. The Hall–Kier alpha value is -3.17. The SMILES string of the molecule is O=C1CN(c2ccc(C=Cc3cncs3)cc2OCc2ccccc2)S(=O)(=O)N1. The molecule has 7 nitrogen and oxygen atoms in total. The summed E-state index contributed by atoms with van der Waals surface area (Å²) in [6.07, 6.45) is 5.58. The van der Waals surface area contributed by atoms with Crippen LogP contribution in [0.2, 0.25) is 0 Å². The van der Waals surface area contributed by atoms with Crippen LogP contribution in [0.25, 0.3) is 12.2 Å². The predicted octanol–water partition coefficient (Wildman–Crippen LogP) is 3.07. The first-order chi connectivity index (χ1) is 14.0. The van der Waals surface area contributed by atoms with Crippen LogP contribution in [0.1, 0.15) is 16.0 Å². The van der Waals surface area contributed by atoms with Crippen molar-refractivity contribution in [1.29, 1.82) is 0 Å². The number of thiazole rings is 1. The molecule has 0 bridgehead atoms. The van der Waals surface area contributed by atoms with Gasteiger partial charge in [-0.1, -0.05) is 42.5 Å². The smallest absolute Gasteiger partial charge is 0.326 e. The van der Waals surface area contributed by atoms with E-state index in [1.165, 1.54) is 11.3 Å². The lowest BCUT2D eigenvalue weighted by atomic mass is 10.1. The highest BCUT2D eigenvalue weighted by molar-refractivity contribution is 7.92. The molecule has 1 N–H and O–H groups in total. The van der Waals surface area contributed by atoms with Gasteiger partial charge in [-0.05, 0) is 29.3 Å². The van der Waals surface area contributed by atoms with Crippen LogP contribution in [-0.2, 0) is 21.6 Å². The molecular weight excluding hydrogens is 410 g/mol. The number of ether oxygens (including phenoxy) is 1. The monoisotopic (exact) mass is 427 g/mol. The van der Waals surface area contributed by atoms with Crippen LogP contribution in [0.15, 0.2) is 60.2 Å². The summed E-state index contributed by atoms with van der Waals surface area (Å²) in [5.41, 5.74) is 3.84. The second-order valence-corrected chi connectivity index (χ2v) is 8.79. The van der Waals surface area contributed by atoms with E-state index in [-0.39, 0.29) is 13.2 Å². The van der Waals surface area contributed by atoms with Crippen molar-refractivity contribution in [2.24, 2.45) is 0 Å². The van der Waals surface area contributed by atoms with E-state index >= 15 is 0 Å². The Morgan fingerprint density at radius 2 is 2.00 bits per heavy atom. The maximum Gasteiger partial charge on any atom is 0.326 e. The minimum Gasteiger partial charge on any atom is -0.487 e. The zero-order valence-electron chi connectivity index (χ0n) is 15.2. The van der Waals surface area contributed by atoms with Crippen LogP contribution in [0.3, 0.4) is 0 Å². The molecule has 0 atom stereocenters. The first kappa shape index (κ1) is 19.2. The van der Waals surface area contributed by atoms with E-state index in [9.17, 15) is 13.2 Å². The number of amides is 1. The molecule has 1 saturated heterocycles. The van der Waals surface area contributed by atoms with Gasteiger partial charge in [0.05, 0.1) is 11.2 Å². The molecular formula is C20H17N3O4S2. The maximum absolute atomic E-state index is 12.3. The lowest BCUT2D eigenvalue weighted by molar-refractivity contribution is -0.117. The Morgan fingerprint density at radius 3 is 2.69 bits per heavy atom. The minimum atomic E-state index is -3.93. The van der Waals surface area contributed by atoms with E-state index in [2.05, 4.69) is 4.98 Å². The third kappa shape index (κ3) is 4.47. The third-order valence-corrected chi connectivity index (χ3v) is 6.33. The molecule has 29 heavy (non-hydrogen) atoms. The highest BCUT2D eigenvalue weighted by Crippen LogP contribution is 2.33. The van der Waals surface area contributed by atoms with Gasteiger partial charge in [0.2, 0.25) is 0 Å². The fourth-order valence-corrected chi connectivity index (χ4v) is 4.51. The fraction of sp³-hybridized carbons (Fsp3) is 0.100. The molecule has 0 saturated carbocycles. The molecule has 1 aliphatic rings. The van der Waals surface area contributed by atoms with Gasteiger partial charge in [-0.25, -0.2) is 9.03 Å². The number of carbonyl (C=O) groups is 1. The molecule has 1 fully saturated rings. The van der Waals surface area contributed by atoms with E-state index < -0.39 is 16.1 Å². The van der Waals surface area contributed by atoms with Crippen molar-refractivity contribution in [2.75, 3.05) is 10.8 Å². The van der Waals surface area contributed by atoms with Crippen LogP contribution in [-0.4, -0.2) is 25.9 Å². The Morgan fingerprint density at radius 1 is 1.17 bits per heavy atom. The summed E-state index contributed by atoms with van der Waals surface area (Å²) in [6, 6.07) is 14.7. The van der Waals surface area contributed by atoms with Gasteiger partial charge in [-0.2, -0.15) is 8.42 Å². The summed E-state index contributed by atoms with van der Waals surface area (Å²) in [4.78, 5) is 16.7. The predicted molar refractivity (Wildman–Crippen MR) is 113 cm³/mol. The van der Waals surface area contributed by atoms with Crippen molar-refractivity contribution in [3.8, 4) is 5.75 Å². The van der Waals surface area contributed by atoms with Gasteiger partial charge in [0.1, 0.15) is 18.9 Å². The average molecular weight is 428 g/mol. The zero-order chi connectivity index (χ0) is 20.3. The minimum absolute atomic E-state index is 0.269. The van der Waals surface area contributed by atoms with Gasteiger partial charge in [-0.15, -0.1) is 11.3 Å². The van der Waals surface area contributed by atoms with Gasteiger partial charge >= 0.3 is 10.2 Å². The topological polar surface area (TPSA) is 88.6 Å². The number of rotatable bonds is 6. The molecule has 2 aromatic carbocycles. The molecule has 0 aliphatic carbocycles. The fourth-order valence-electron chi connectivity index (χ4n) is 2.84. The molecule has 1 amide bonds. The van der Waals surface area contributed by atoms with Crippen LogP contribution in [0.5, 0.6) is 5.75 Å². The lowest BCUT2D eigenvalue weighted by Gasteiger charge is -2.19. The standard InChI is InChI=1S/C20H17N3O4S2/c24-20-12-23(29(25,26)22-20)18-9-7-15(6-8-17-11-21-14-28-17)10-19(18)27-13-16-4-2-1-3-5-16/h1-11,14H,12-13H2,(H,22,24). The van der Waals surface area contributed by atoms with E-state index in [0.717, 1.165) is 20.3 Å². The van der Waals surface area contributed by atoms with Crippen LogP contribution >= 0.6 is 11.3 Å². The van der Waals surface area contributed by atoms with Gasteiger partial charge in [0.25, 0.3) is 5.91 Å². The van der Waals surface area contributed by atoms with Crippen molar-refractivity contribution < 1.29 is 17.9 Å². The molecule has 1 aromatic heterocycles. The molecule has 0 unspecified atom stereocenters. The highest BCUT2D eigenvalue weighted by atomic mass is 32.2. The number of hydrogen-bond acceptors (Lipinski definition) is 6. The number of nitrogens with zero attached hydrogens (tertiary/aromatic N) is 2. The maximum atomic E-state index is 12.3. The largest absolute Gasteiger partial charge is 0.487 e. The van der Waals surface area contributed by atoms with Crippen molar-refractivity contribution in [3.05, 3.63) is 76.2 Å². The third-order valence-electron chi connectivity index (χ3n) is 4.20. The molecule has 9 heteroatoms. The Kier molecular flexibility index (Phi) is 5.32. The number of nitrogens with one attached hydrogen (secondary N) is 1. The number of hydrogen-bond donors (Lipinski definition) is 1. The number of aromatic nitrogens is 1. The molecule has 2 heterocycles. The second-order valence-electron chi connectivity index (χ2n) is 6.28. The van der Waals surface area contributed by atoms with Crippen molar-refractivity contribution in [1.82, 2.24) is 9.71 Å². The van der Waals surface area contributed by atoms with Crippen molar-refractivity contribution in [3.63, 3.8) is 0 Å². The van der Waals surface area contributed by atoms with Crippen LogP contribution in [0.4, 0.5) is 5.69 Å². The van der Waals surface area contributed by atoms with Crippen molar-refractivity contribution in [2.45, 2.75) is 6.61 Å². The molecule has 4 rings (SSSR count). The van der Waals surface area contributed by atoms with Crippen molar-refractivity contribution >= 4 is 45.3 Å². The van der Waals surface area contributed by atoms with Gasteiger partial charge in [0.15, 0.2) is 0 Å².